The molecule has 0 aliphatic carbocycles. The Hall–Kier alpha value is -1.26. The van der Waals surface area contributed by atoms with Gasteiger partial charge in [-0.2, -0.15) is 0 Å². The average molecular weight is 310 g/mol. The normalized spacial score (nSPS) is 19.3. The summed E-state index contributed by atoms with van der Waals surface area (Å²) in [6.07, 6.45) is 3.55. The van der Waals surface area contributed by atoms with Gasteiger partial charge < -0.3 is 15.5 Å². The minimum atomic E-state index is -0.0140. The largest absolute Gasteiger partial charge is 0.381 e. The Balaban J connectivity index is 2.04. The number of hydrogen-bond donors (Lipinski definition) is 2. The minimum absolute atomic E-state index is 0.0140. The molecule has 1 saturated heterocycles. The highest BCUT2D eigenvalue weighted by Gasteiger charge is 2.18. The van der Waals surface area contributed by atoms with Crippen molar-refractivity contribution in [3.05, 3.63) is 28.8 Å². The second kappa shape index (κ2) is 7.14. The summed E-state index contributed by atoms with van der Waals surface area (Å²) in [5, 5.41) is 7.58. The van der Waals surface area contributed by atoms with Gasteiger partial charge in [0.2, 0.25) is 0 Å². The molecule has 1 aliphatic rings. The molecule has 1 heterocycles. The number of benzene rings is 1. The number of nitrogens with zero attached hydrogens (tertiary/aromatic N) is 1. The Morgan fingerprint density at radius 2 is 2.29 bits per heavy atom. The van der Waals surface area contributed by atoms with Crippen LogP contribution in [0.1, 0.15) is 36.5 Å². The molecule has 2 atom stereocenters. The van der Waals surface area contributed by atoms with Crippen LogP contribution in [-0.4, -0.2) is 43.5 Å². The zero-order valence-corrected chi connectivity index (χ0v) is 13.7. The standard InChI is InChI=1S/C16H24ClN3O/c1-11(9-13-5-4-8-18-13)19-15-10-12(6-7-14(15)17)16(21)20(2)3/h6-7,10-11,13,18-19H,4-5,8-9H2,1-3H3. The van der Waals surface area contributed by atoms with Crippen LogP contribution in [0.2, 0.25) is 5.02 Å². The van der Waals surface area contributed by atoms with E-state index in [1.165, 1.54) is 12.8 Å². The lowest BCUT2D eigenvalue weighted by molar-refractivity contribution is 0.0827. The third kappa shape index (κ3) is 4.35. The molecular weight excluding hydrogens is 286 g/mol. The van der Waals surface area contributed by atoms with Gasteiger partial charge >= 0.3 is 0 Å². The van der Waals surface area contributed by atoms with E-state index in [1.807, 2.05) is 6.07 Å². The molecule has 0 spiro atoms. The lowest BCUT2D eigenvalue weighted by Gasteiger charge is -2.21. The Kier molecular flexibility index (Phi) is 5.48. The molecule has 1 aromatic carbocycles. The predicted octanol–water partition coefficient (Wildman–Crippen LogP) is 2.98. The Morgan fingerprint density at radius 3 is 2.90 bits per heavy atom. The quantitative estimate of drug-likeness (QED) is 0.879. The third-order valence-corrected chi connectivity index (χ3v) is 4.15. The van der Waals surface area contributed by atoms with Gasteiger partial charge in [-0.25, -0.2) is 0 Å². The highest BCUT2D eigenvalue weighted by Crippen LogP contribution is 2.25. The number of carbonyl (C=O) groups is 1. The zero-order valence-electron chi connectivity index (χ0n) is 12.9. The van der Waals surface area contributed by atoms with Crippen molar-refractivity contribution in [1.29, 1.82) is 0 Å². The van der Waals surface area contributed by atoms with Gasteiger partial charge in [-0.3, -0.25) is 4.79 Å². The topological polar surface area (TPSA) is 44.4 Å². The summed E-state index contributed by atoms with van der Waals surface area (Å²) < 4.78 is 0. The molecule has 1 aromatic rings. The van der Waals surface area contributed by atoms with Crippen molar-refractivity contribution in [2.75, 3.05) is 26.0 Å². The van der Waals surface area contributed by atoms with Crippen molar-refractivity contribution in [2.24, 2.45) is 0 Å². The molecule has 116 valence electrons. The minimum Gasteiger partial charge on any atom is -0.381 e. The fraction of sp³-hybridized carbons (Fsp3) is 0.562. The van der Waals surface area contributed by atoms with E-state index in [4.69, 9.17) is 11.6 Å². The van der Waals surface area contributed by atoms with Crippen LogP contribution < -0.4 is 10.6 Å². The van der Waals surface area contributed by atoms with Crippen molar-refractivity contribution < 1.29 is 4.79 Å². The molecule has 2 rings (SSSR count). The fourth-order valence-electron chi connectivity index (χ4n) is 2.74. The maximum absolute atomic E-state index is 12.0. The van der Waals surface area contributed by atoms with E-state index in [0.717, 1.165) is 18.7 Å². The second-order valence-corrected chi connectivity index (χ2v) is 6.38. The van der Waals surface area contributed by atoms with Crippen molar-refractivity contribution in [2.45, 2.75) is 38.3 Å². The summed E-state index contributed by atoms with van der Waals surface area (Å²) >= 11 is 6.24. The molecule has 0 radical (unpaired) electrons. The maximum atomic E-state index is 12.0. The predicted molar refractivity (Wildman–Crippen MR) is 88.2 cm³/mol. The molecule has 0 bridgehead atoms. The van der Waals surface area contributed by atoms with E-state index in [9.17, 15) is 4.79 Å². The van der Waals surface area contributed by atoms with Gasteiger partial charge in [0.25, 0.3) is 5.91 Å². The molecular formula is C16H24ClN3O. The maximum Gasteiger partial charge on any atom is 0.253 e. The Morgan fingerprint density at radius 1 is 1.52 bits per heavy atom. The molecule has 1 fully saturated rings. The van der Waals surface area contributed by atoms with Crippen molar-refractivity contribution in [1.82, 2.24) is 10.2 Å². The smallest absolute Gasteiger partial charge is 0.253 e. The Bertz CT molecular complexity index is 498. The van der Waals surface area contributed by atoms with Gasteiger partial charge in [0.05, 0.1) is 10.7 Å². The van der Waals surface area contributed by atoms with Crippen LogP contribution in [0.3, 0.4) is 0 Å². The van der Waals surface area contributed by atoms with E-state index in [1.54, 1.807) is 31.1 Å². The molecule has 2 N–H and O–H groups in total. The molecule has 1 aliphatic heterocycles. The third-order valence-electron chi connectivity index (χ3n) is 3.82. The first-order valence-corrected chi connectivity index (χ1v) is 7.86. The van der Waals surface area contributed by atoms with Crippen LogP contribution in [0.25, 0.3) is 0 Å². The number of carbonyl (C=O) groups excluding carboxylic acids is 1. The molecule has 0 aromatic heterocycles. The molecule has 0 saturated carbocycles. The van der Waals surface area contributed by atoms with Crippen LogP contribution in [0.4, 0.5) is 5.69 Å². The first kappa shape index (κ1) is 16.1. The lowest BCUT2D eigenvalue weighted by atomic mass is 10.1. The SMILES string of the molecule is CC(CC1CCCN1)Nc1cc(C(=O)N(C)C)ccc1Cl. The molecule has 2 unspecified atom stereocenters. The number of hydrogen-bond acceptors (Lipinski definition) is 3. The van der Waals surface area contributed by atoms with Crippen LogP contribution in [-0.2, 0) is 0 Å². The zero-order chi connectivity index (χ0) is 15.4. The summed E-state index contributed by atoms with van der Waals surface area (Å²) in [5.74, 6) is -0.0140. The molecule has 1 amide bonds. The average Bonchev–Trinajstić information content (AvgIpc) is 2.93. The van der Waals surface area contributed by atoms with E-state index in [0.29, 0.717) is 22.7 Å². The number of nitrogens with one attached hydrogen (secondary N) is 2. The summed E-state index contributed by atoms with van der Waals surface area (Å²) in [4.78, 5) is 13.6. The molecule has 4 nitrogen and oxygen atoms in total. The number of rotatable bonds is 5. The molecule has 5 heteroatoms. The van der Waals surface area contributed by atoms with Gasteiger partial charge in [-0.15, -0.1) is 0 Å². The first-order valence-electron chi connectivity index (χ1n) is 7.48. The molecule has 21 heavy (non-hydrogen) atoms. The first-order chi connectivity index (χ1) is 9.97. The van der Waals surface area contributed by atoms with Crippen LogP contribution in [0.15, 0.2) is 18.2 Å². The van der Waals surface area contributed by atoms with Crippen molar-refractivity contribution in [3.63, 3.8) is 0 Å². The van der Waals surface area contributed by atoms with E-state index < -0.39 is 0 Å². The lowest BCUT2D eigenvalue weighted by Crippen LogP contribution is -2.29. The van der Waals surface area contributed by atoms with Gasteiger partial charge in [0.1, 0.15) is 0 Å². The van der Waals surface area contributed by atoms with Crippen molar-refractivity contribution in [3.8, 4) is 0 Å². The second-order valence-electron chi connectivity index (χ2n) is 5.97. The van der Waals surface area contributed by atoms with E-state index in [-0.39, 0.29) is 5.91 Å². The van der Waals surface area contributed by atoms with Crippen LogP contribution in [0.5, 0.6) is 0 Å². The van der Waals surface area contributed by atoms with Crippen LogP contribution in [0, 0.1) is 0 Å². The van der Waals surface area contributed by atoms with Gasteiger partial charge in [0, 0.05) is 31.7 Å². The summed E-state index contributed by atoms with van der Waals surface area (Å²) in [6, 6.07) is 6.27. The fourth-order valence-corrected chi connectivity index (χ4v) is 2.91. The summed E-state index contributed by atoms with van der Waals surface area (Å²) in [5.41, 5.74) is 1.48. The number of anilines is 1. The van der Waals surface area contributed by atoms with E-state index in [2.05, 4.69) is 17.6 Å². The monoisotopic (exact) mass is 309 g/mol. The highest BCUT2D eigenvalue weighted by molar-refractivity contribution is 6.33. The summed E-state index contributed by atoms with van der Waals surface area (Å²) in [6.45, 7) is 3.27. The number of amides is 1. The summed E-state index contributed by atoms with van der Waals surface area (Å²) in [7, 11) is 3.50. The van der Waals surface area contributed by atoms with Gasteiger partial charge in [0.15, 0.2) is 0 Å². The van der Waals surface area contributed by atoms with Gasteiger partial charge in [-0.1, -0.05) is 11.6 Å². The van der Waals surface area contributed by atoms with E-state index >= 15 is 0 Å². The Labute approximate surface area is 131 Å². The highest BCUT2D eigenvalue weighted by atomic mass is 35.5. The van der Waals surface area contributed by atoms with Crippen LogP contribution >= 0.6 is 11.6 Å². The van der Waals surface area contributed by atoms with Gasteiger partial charge in [-0.05, 0) is 50.9 Å². The van der Waals surface area contributed by atoms with Crippen molar-refractivity contribution >= 4 is 23.2 Å². The number of halogens is 1.